The van der Waals surface area contributed by atoms with Gasteiger partial charge in [-0.05, 0) is 49.2 Å². The molecule has 0 bridgehead atoms. The normalized spacial score (nSPS) is 17.9. The van der Waals surface area contributed by atoms with Crippen LogP contribution in [0.5, 0.6) is 0 Å². The number of hydrogen-bond acceptors (Lipinski definition) is 3. The molecular formula is C18H18ClNO3S. The third kappa shape index (κ3) is 3.19. The van der Waals surface area contributed by atoms with Crippen molar-refractivity contribution < 1.29 is 13.2 Å². The van der Waals surface area contributed by atoms with Gasteiger partial charge in [0.2, 0.25) is 0 Å². The molecule has 0 N–H and O–H groups in total. The number of hydrogen-bond donors (Lipinski definition) is 0. The molecule has 0 saturated carbocycles. The molecule has 2 aromatic rings. The van der Waals surface area contributed by atoms with E-state index in [0.717, 1.165) is 5.56 Å². The molecule has 0 aromatic heterocycles. The molecule has 1 aliphatic heterocycles. The number of carbonyl (C=O) groups is 1. The molecule has 1 heterocycles. The lowest BCUT2D eigenvalue weighted by molar-refractivity contribution is 0.0792. The van der Waals surface area contributed by atoms with Crippen LogP contribution in [0.3, 0.4) is 0 Å². The maximum atomic E-state index is 12.7. The van der Waals surface area contributed by atoms with Crippen molar-refractivity contribution in [2.24, 2.45) is 0 Å². The van der Waals surface area contributed by atoms with Crippen LogP contribution in [-0.2, 0) is 9.84 Å². The number of nitrogens with zero attached hydrogens (tertiary/aromatic N) is 1. The van der Waals surface area contributed by atoms with E-state index in [-0.39, 0.29) is 17.3 Å². The molecule has 3 rings (SSSR count). The second-order valence-corrected chi connectivity index (χ2v) is 8.64. The van der Waals surface area contributed by atoms with Crippen LogP contribution in [0.2, 0.25) is 5.02 Å². The molecule has 126 valence electrons. The van der Waals surface area contributed by atoms with E-state index in [1.807, 2.05) is 25.1 Å². The molecule has 4 nitrogen and oxygen atoms in total. The van der Waals surface area contributed by atoms with Crippen LogP contribution in [-0.4, -0.2) is 37.6 Å². The van der Waals surface area contributed by atoms with Gasteiger partial charge in [-0.25, -0.2) is 8.42 Å². The fourth-order valence-electron chi connectivity index (χ4n) is 2.97. The topological polar surface area (TPSA) is 54.5 Å². The van der Waals surface area contributed by atoms with E-state index in [4.69, 9.17) is 11.6 Å². The van der Waals surface area contributed by atoms with Crippen molar-refractivity contribution in [2.75, 3.05) is 13.1 Å². The molecule has 1 unspecified atom stereocenters. The lowest BCUT2D eigenvalue weighted by Crippen LogP contribution is -2.32. The Bertz CT molecular complexity index is 862. The summed E-state index contributed by atoms with van der Waals surface area (Å²) in [5, 5.41) is -0.0802. The number of halogens is 1. The van der Waals surface area contributed by atoms with Crippen molar-refractivity contribution in [2.45, 2.75) is 23.5 Å². The highest BCUT2D eigenvalue weighted by atomic mass is 35.5. The summed E-state index contributed by atoms with van der Waals surface area (Å²) in [6.07, 6.45) is 0.447. The lowest BCUT2D eigenvalue weighted by Gasteiger charge is -2.18. The van der Waals surface area contributed by atoms with Crippen LogP contribution in [0.25, 0.3) is 0 Å². The third-order valence-corrected chi connectivity index (χ3v) is 6.83. The first-order valence-corrected chi connectivity index (χ1v) is 9.66. The number of rotatable bonds is 3. The summed E-state index contributed by atoms with van der Waals surface area (Å²) in [4.78, 5) is 14.5. The highest BCUT2D eigenvalue weighted by molar-refractivity contribution is 7.92. The van der Waals surface area contributed by atoms with Gasteiger partial charge in [-0.3, -0.25) is 4.79 Å². The van der Waals surface area contributed by atoms with E-state index in [1.54, 1.807) is 23.1 Å². The molecule has 1 fully saturated rings. The molecule has 2 aromatic carbocycles. The number of aryl methyl sites for hydroxylation is 1. The largest absolute Gasteiger partial charge is 0.337 e. The van der Waals surface area contributed by atoms with Crippen molar-refractivity contribution in [1.29, 1.82) is 0 Å². The Balaban J connectivity index is 1.79. The predicted molar refractivity (Wildman–Crippen MR) is 94.1 cm³/mol. The van der Waals surface area contributed by atoms with Crippen molar-refractivity contribution in [3.63, 3.8) is 0 Å². The number of amides is 1. The molecule has 1 saturated heterocycles. The molecule has 24 heavy (non-hydrogen) atoms. The van der Waals surface area contributed by atoms with Gasteiger partial charge < -0.3 is 4.90 Å². The highest BCUT2D eigenvalue weighted by Gasteiger charge is 2.36. The number of benzene rings is 2. The summed E-state index contributed by atoms with van der Waals surface area (Å²) in [7, 11) is -3.47. The van der Waals surface area contributed by atoms with Crippen LogP contribution in [0.15, 0.2) is 53.4 Å². The Labute approximate surface area is 147 Å². The maximum Gasteiger partial charge on any atom is 0.254 e. The number of sulfone groups is 1. The first kappa shape index (κ1) is 17.0. The minimum atomic E-state index is -3.47. The van der Waals surface area contributed by atoms with E-state index in [9.17, 15) is 13.2 Å². The summed E-state index contributed by atoms with van der Waals surface area (Å²) < 4.78 is 25.5. The van der Waals surface area contributed by atoms with E-state index >= 15 is 0 Å². The Hall–Kier alpha value is -1.85. The van der Waals surface area contributed by atoms with Gasteiger partial charge in [0, 0.05) is 23.7 Å². The van der Waals surface area contributed by atoms with Crippen LogP contribution >= 0.6 is 11.6 Å². The van der Waals surface area contributed by atoms with Crippen molar-refractivity contribution in [3.8, 4) is 0 Å². The number of carbonyl (C=O) groups excluding carboxylic acids is 1. The zero-order valence-electron chi connectivity index (χ0n) is 13.3. The molecule has 1 amide bonds. The third-order valence-electron chi connectivity index (χ3n) is 4.39. The summed E-state index contributed by atoms with van der Waals surface area (Å²) in [6.45, 7) is 2.55. The van der Waals surface area contributed by atoms with Crippen molar-refractivity contribution >= 4 is 27.3 Å². The van der Waals surface area contributed by atoms with E-state index in [0.29, 0.717) is 23.6 Å². The standard InChI is InChI=1S/C18H18ClNO3S/c1-13-4-2-3-5-17(13)18(21)20-11-10-16(12-20)24(22,23)15-8-6-14(19)7-9-15/h2-9,16H,10-12H2,1H3. The quantitative estimate of drug-likeness (QED) is 0.840. The van der Waals surface area contributed by atoms with E-state index in [1.165, 1.54) is 12.1 Å². The predicted octanol–water partition coefficient (Wildman–Crippen LogP) is 3.34. The molecule has 0 spiro atoms. The average molecular weight is 364 g/mol. The first-order chi connectivity index (χ1) is 11.4. The van der Waals surface area contributed by atoms with Gasteiger partial charge in [-0.1, -0.05) is 29.8 Å². The second-order valence-electron chi connectivity index (χ2n) is 5.98. The van der Waals surface area contributed by atoms with Gasteiger partial charge in [0.05, 0.1) is 10.1 Å². The first-order valence-electron chi connectivity index (χ1n) is 7.74. The maximum absolute atomic E-state index is 12.7. The van der Waals surface area contributed by atoms with Crippen molar-refractivity contribution in [1.82, 2.24) is 4.90 Å². The van der Waals surface area contributed by atoms with Gasteiger partial charge in [0.25, 0.3) is 5.91 Å². The van der Waals surface area contributed by atoms with Crippen LogP contribution in [0.4, 0.5) is 0 Å². The van der Waals surface area contributed by atoms with E-state index < -0.39 is 15.1 Å². The molecule has 0 radical (unpaired) electrons. The Morgan fingerprint density at radius 2 is 1.79 bits per heavy atom. The summed E-state index contributed by atoms with van der Waals surface area (Å²) in [5.74, 6) is -0.109. The fourth-order valence-corrected chi connectivity index (χ4v) is 4.78. The van der Waals surface area contributed by atoms with Crippen LogP contribution in [0, 0.1) is 6.92 Å². The zero-order valence-corrected chi connectivity index (χ0v) is 14.8. The molecule has 1 atom stereocenters. The van der Waals surface area contributed by atoms with Gasteiger partial charge in [0.15, 0.2) is 9.84 Å². The minimum Gasteiger partial charge on any atom is -0.337 e. The molecule has 0 aliphatic carbocycles. The van der Waals surface area contributed by atoms with Crippen molar-refractivity contribution in [3.05, 3.63) is 64.7 Å². The van der Waals surface area contributed by atoms with E-state index in [2.05, 4.69) is 0 Å². The van der Waals surface area contributed by atoms with Gasteiger partial charge in [-0.2, -0.15) is 0 Å². The van der Waals surface area contributed by atoms with Crippen LogP contribution < -0.4 is 0 Å². The monoisotopic (exact) mass is 363 g/mol. The number of likely N-dealkylation sites (tertiary alicyclic amines) is 1. The summed E-state index contributed by atoms with van der Waals surface area (Å²) in [6, 6.07) is 13.5. The average Bonchev–Trinajstić information content (AvgIpc) is 3.06. The summed E-state index contributed by atoms with van der Waals surface area (Å²) in [5.41, 5.74) is 1.52. The Morgan fingerprint density at radius 3 is 2.46 bits per heavy atom. The minimum absolute atomic E-state index is 0.109. The fraction of sp³-hybridized carbons (Fsp3) is 0.278. The molecular weight excluding hydrogens is 346 g/mol. The second kappa shape index (κ2) is 6.57. The smallest absolute Gasteiger partial charge is 0.254 e. The van der Waals surface area contributed by atoms with Gasteiger partial charge >= 0.3 is 0 Å². The Morgan fingerprint density at radius 1 is 1.12 bits per heavy atom. The lowest BCUT2D eigenvalue weighted by atomic mass is 10.1. The molecule has 1 aliphatic rings. The van der Waals surface area contributed by atoms with Gasteiger partial charge in [-0.15, -0.1) is 0 Å². The Kier molecular flexibility index (Phi) is 4.65. The van der Waals surface area contributed by atoms with Gasteiger partial charge in [0.1, 0.15) is 0 Å². The molecule has 6 heteroatoms. The zero-order chi connectivity index (χ0) is 17.3. The highest BCUT2D eigenvalue weighted by Crippen LogP contribution is 2.26. The SMILES string of the molecule is Cc1ccccc1C(=O)N1CCC(S(=O)(=O)c2ccc(Cl)cc2)C1. The van der Waals surface area contributed by atoms with Crippen LogP contribution in [0.1, 0.15) is 22.3 Å². The summed E-state index contributed by atoms with van der Waals surface area (Å²) >= 11 is 5.82.